The number of para-hydroxylation sites is 4. The fourth-order valence-corrected chi connectivity index (χ4v) is 22.7. The van der Waals surface area contributed by atoms with Gasteiger partial charge in [-0.1, -0.05) is 240 Å². The highest BCUT2D eigenvalue weighted by Crippen LogP contribution is 2.63. The molecule has 1 saturated carbocycles. The van der Waals surface area contributed by atoms with E-state index in [9.17, 15) is 0 Å². The summed E-state index contributed by atoms with van der Waals surface area (Å²) in [5.41, 5.74) is 21.8. The SMILES string of the molecule is CC(C)(C)c1ccc2c(c1)C1(C)CCCCC1(C)N2c1cc2c3c(c1)N(c1cccc4c1oc1c(C(C)(C)C)cccc14)c1cccc4c1B3c1c(cccc1[Si]4(c1ccccc1)c1ccccc1)N2c1cccc2c1oc1c(C(C)(C)C)cccc12. The second kappa shape index (κ2) is 17.8. The van der Waals surface area contributed by atoms with Crippen molar-refractivity contribution in [2.75, 3.05) is 14.7 Å². The van der Waals surface area contributed by atoms with Gasteiger partial charge in [0.1, 0.15) is 11.2 Å². The van der Waals surface area contributed by atoms with Crippen LogP contribution in [0.15, 0.2) is 209 Å². The normalized spacial score (nSPS) is 19.1. The van der Waals surface area contributed by atoms with E-state index >= 15 is 0 Å². The van der Waals surface area contributed by atoms with Crippen LogP contribution in [0, 0.1) is 0 Å². The first kappa shape index (κ1) is 52.8. The molecule has 428 valence electrons. The molecule has 87 heavy (non-hydrogen) atoms. The Bertz CT molecular complexity index is 4650. The lowest BCUT2D eigenvalue weighted by Crippen LogP contribution is -2.88. The van der Waals surface area contributed by atoms with Crippen LogP contribution in [0.5, 0.6) is 0 Å². The van der Waals surface area contributed by atoms with Crippen molar-refractivity contribution in [1.82, 2.24) is 0 Å². The molecule has 0 saturated heterocycles. The quantitative estimate of drug-likeness (QED) is 0.161. The number of fused-ring (bicyclic) bond motifs is 9. The Morgan fingerprint density at radius 2 is 0.851 bits per heavy atom. The van der Waals surface area contributed by atoms with Crippen LogP contribution in [0.4, 0.5) is 45.5 Å². The summed E-state index contributed by atoms with van der Waals surface area (Å²) < 4.78 is 15.1. The molecule has 0 spiro atoms. The largest absolute Gasteiger partial charge is 0.454 e. The van der Waals surface area contributed by atoms with Gasteiger partial charge in [0.05, 0.1) is 16.9 Å². The van der Waals surface area contributed by atoms with Crippen LogP contribution in [0.25, 0.3) is 43.9 Å². The Labute approximate surface area is 513 Å². The molecule has 17 rings (SSSR count). The summed E-state index contributed by atoms with van der Waals surface area (Å²) in [5, 5.41) is 10.1. The lowest BCUT2D eigenvalue weighted by molar-refractivity contribution is 0.195. The number of rotatable bonds is 5. The van der Waals surface area contributed by atoms with Crippen LogP contribution >= 0.6 is 0 Å². The molecule has 5 aliphatic rings. The molecule has 4 aliphatic heterocycles. The molecule has 1 fully saturated rings. The van der Waals surface area contributed by atoms with Crippen molar-refractivity contribution in [3.05, 3.63) is 222 Å². The van der Waals surface area contributed by atoms with Crippen molar-refractivity contribution in [2.24, 2.45) is 0 Å². The fourth-order valence-electron chi connectivity index (χ4n) is 17.4. The Kier molecular flexibility index (Phi) is 10.8. The Morgan fingerprint density at radius 1 is 0.402 bits per heavy atom. The first-order valence-corrected chi connectivity index (χ1v) is 33.8. The molecule has 0 bridgehead atoms. The minimum absolute atomic E-state index is 0.00252. The smallest absolute Gasteiger partial charge is 0.251 e. The van der Waals surface area contributed by atoms with Gasteiger partial charge in [-0.3, -0.25) is 0 Å². The highest BCUT2D eigenvalue weighted by atomic mass is 28.3. The van der Waals surface area contributed by atoms with E-state index in [1.165, 1.54) is 106 Å². The van der Waals surface area contributed by atoms with E-state index in [-0.39, 0.29) is 33.9 Å². The highest BCUT2D eigenvalue weighted by molar-refractivity contribution is 7.27. The molecule has 0 amide bonds. The van der Waals surface area contributed by atoms with Crippen LogP contribution in [0.3, 0.4) is 0 Å². The Hall–Kier alpha value is -8.52. The average Bonchev–Trinajstić information content (AvgIpc) is 1.50. The van der Waals surface area contributed by atoms with E-state index in [4.69, 9.17) is 8.83 Å². The summed E-state index contributed by atoms with van der Waals surface area (Å²) in [6.45, 7) is 26.0. The summed E-state index contributed by atoms with van der Waals surface area (Å²) in [6, 6.07) is 77.7. The molecular weight excluding hydrogens is 1070 g/mol. The van der Waals surface area contributed by atoms with Gasteiger partial charge < -0.3 is 23.5 Å². The van der Waals surface area contributed by atoms with Crippen molar-refractivity contribution in [3.8, 4) is 0 Å². The molecule has 2 unspecified atom stereocenters. The van der Waals surface area contributed by atoms with Crippen LogP contribution in [-0.4, -0.2) is 20.3 Å². The van der Waals surface area contributed by atoms with Gasteiger partial charge >= 0.3 is 0 Å². The molecule has 2 atom stereocenters. The van der Waals surface area contributed by atoms with Crippen molar-refractivity contribution in [3.63, 3.8) is 0 Å². The van der Waals surface area contributed by atoms with E-state index in [2.05, 4.69) is 291 Å². The van der Waals surface area contributed by atoms with E-state index < -0.39 is 8.07 Å². The van der Waals surface area contributed by atoms with Gasteiger partial charge in [0.25, 0.3) is 6.71 Å². The van der Waals surface area contributed by atoms with Gasteiger partial charge in [0.2, 0.25) is 0 Å². The number of nitrogens with zero attached hydrogens (tertiary/aromatic N) is 3. The second-order valence-corrected chi connectivity index (χ2v) is 33.2. The third kappa shape index (κ3) is 6.93. The summed E-state index contributed by atoms with van der Waals surface area (Å²) in [6.07, 6.45) is 4.60. The molecule has 0 N–H and O–H groups in total. The zero-order valence-corrected chi connectivity index (χ0v) is 53.1. The lowest BCUT2D eigenvalue weighted by Gasteiger charge is -2.53. The minimum atomic E-state index is -3.17. The molecule has 0 radical (unpaired) electrons. The maximum atomic E-state index is 7.55. The maximum absolute atomic E-state index is 7.55. The summed E-state index contributed by atoms with van der Waals surface area (Å²) >= 11 is 0. The fraction of sp³-hybridized carbons (Fsp3) is 0.250. The van der Waals surface area contributed by atoms with Crippen molar-refractivity contribution in [1.29, 1.82) is 0 Å². The Balaban J connectivity index is 1.06. The molecule has 10 aromatic carbocycles. The Morgan fingerprint density at radius 3 is 1.33 bits per heavy atom. The molecule has 7 heteroatoms. The number of hydrogen-bond donors (Lipinski definition) is 0. The van der Waals surface area contributed by atoms with Gasteiger partial charge in [-0.15, -0.1) is 0 Å². The van der Waals surface area contributed by atoms with Gasteiger partial charge in [-0.05, 0) is 127 Å². The van der Waals surface area contributed by atoms with Crippen molar-refractivity contribution >= 4 is 141 Å². The van der Waals surface area contributed by atoms with Gasteiger partial charge in [0, 0.05) is 72.2 Å². The third-order valence-corrected chi connectivity index (χ3v) is 26.6. The number of hydrogen-bond acceptors (Lipinski definition) is 5. The standard InChI is InChI=1S/C80H74BN3O2Si/c1-76(2,3)49-42-43-60-59(46-49)79(10)44-18-19-45-80(79,11)84(60)50-47-65-69-66(48-50)83(64-39-23-33-56-54-31-21-35-58(78(7,8)9)73(54)86-75(56)64)62-37-25-41-68-71(62)81(69)70-61(36-24-40-67(70)87(68,51-26-14-12-15-27-51)52-28-16-13-17-29-52)82(65)63-38-22-32-55-53-30-20-34-57(77(4,5)6)72(53)85-74(55)63/h12-17,20-43,46-48H,18-19,44-45H2,1-11H3. The van der Waals surface area contributed by atoms with Gasteiger partial charge in [-0.25, -0.2) is 0 Å². The molecular formula is C80H74BN3O2Si. The number of anilines is 8. The van der Waals surface area contributed by atoms with E-state index in [1.807, 2.05) is 0 Å². The van der Waals surface area contributed by atoms with Crippen LogP contribution in [0.2, 0.25) is 0 Å². The molecule has 6 heterocycles. The predicted molar refractivity (Wildman–Crippen MR) is 371 cm³/mol. The van der Waals surface area contributed by atoms with Crippen LogP contribution in [-0.2, 0) is 21.7 Å². The van der Waals surface area contributed by atoms with E-state index in [0.29, 0.717) is 0 Å². The zero-order valence-electron chi connectivity index (χ0n) is 52.1. The topological polar surface area (TPSA) is 36.0 Å². The maximum Gasteiger partial charge on any atom is 0.251 e. The highest BCUT2D eigenvalue weighted by Gasteiger charge is 2.60. The third-order valence-electron chi connectivity index (χ3n) is 21.7. The number of benzene rings is 10. The first-order chi connectivity index (χ1) is 41.8. The molecule has 12 aromatic rings. The van der Waals surface area contributed by atoms with Gasteiger partial charge in [0.15, 0.2) is 19.2 Å². The molecule has 2 aromatic heterocycles. The first-order valence-electron chi connectivity index (χ1n) is 31.8. The predicted octanol–water partition coefficient (Wildman–Crippen LogP) is 16.9. The number of furan rings is 2. The van der Waals surface area contributed by atoms with E-state index in [0.717, 1.165) is 68.1 Å². The van der Waals surface area contributed by atoms with Gasteiger partial charge in [-0.2, -0.15) is 0 Å². The summed E-state index contributed by atoms with van der Waals surface area (Å²) in [4.78, 5) is 8.13. The average molecular weight is 1150 g/mol. The summed E-state index contributed by atoms with van der Waals surface area (Å²) in [7, 11) is -3.17. The summed E-state index contributed by atoms with van der Waals surface area (Å²) in [5.74, 6) is 0. The second-order valence-electron chi connectivity index (χ2n) is 29.5. The monoisotopic (exact) mass is 1150 g/mol. The molecule has 5 nitrogen and oxygen atoms in total. The van der Waals surface area contributed by atoms with Crippen LogP contribution in [0.1, 0.15) is 124 Å². The van der Waals surface area contributed by atoms with Crippen molar-refractivity contribution < 1.29 is 8.83 Å². The van der Waals surface area contributed by atoms with Crippen molar-refractivity contribution in [2.45, 2.75) is 129 Å². The van der Waals surface area contributed by atoms with Crippen LogP contribution < -0.4 is 51.8 Å². The molecule has 1 aliphatic carbocycles. The zero-order chi connectivity index (χ0) is 59.5. The van der Waals surface area contributed by atoms with E-state index in [1.54, 1.807) is 0 Å². The minimum Gasteiger partial charge on any atom is -0.454 e. The lowest BCUT2D eigenvalue weighted by atomic mass is 9.33.